The highest BCUT2D eigenvalue weighted by atomic mass is 15.1. The van der Waals surface area contributed by atoms with Crippen LogP contribution in [0.4, 0.5) is 0 Å². The Hall–Kier alpha value is -9.44. The number of nitrogens with one attached hydrogen (secondary N) is 2. The molecule has 15 rings (SSSR count). The number of fused-ring (bicyclic) bond motifs is 32. The summed E-state index contributed by atoms with van der Waals surface area (Å²) in [4.78, 5) is 78.0. The Morgan fingerprint density at radius 2 is 0.484 bits per heavy atom. The number of aromatic nitrogens is 16. The zero-order valence-corrected chi connectivity index (χ0v) is 32.8. The molecule has 16 nitrogen and oxygen atoms in total. The van der Waals surface area contributed by atoms with Crippen molar-refractivity contribution in [2.75, 3.05) is 0 Å². The second-order valence-corrected chi connectivity index (χ2v) is 15.5. The Morgan fingerprint density at radius 3 is 0.750 bits per heavy atom. The van der Waals surface area contributed by atoms with Gasteiger partial charge in [-0.25, -0.2) is 49.8 Å². The minimum atomic E-state index is 0.330. The molecule has 2 aliphatic heterocycles. The van der Waals surface area contributed by atoms with E-state index in [4.69, 9.17) is 69.8 Å². The molecule has 0 spiro atoms. The lowest BCUT2D eigenvalue weighted by Gasteiger charge is -2.09. The third-order valence-electron chi connectivity index (χ3n) is 12.0. The first-order valence-electron chi connectivity index (χ1n) is 20.4. The zero-order valence-electron chi connectivity index (χ0n) is 32.8. The normalized spacial score (nSPS) is 12.4. The molecule has 0 aliphatic carbocycles. The molecule has 0 fully saturated rings. The summed E-state index contributed by atoms with van der Waals surface area (Å²) in [6.45, 7) is 0. The van der Waals surface area contributed by atoms with Gasteiger partial charge in [-0.2, -0.15) is 0 Å². The second-order valence-electron chi connectivity index (χ2n) is 15.5. The average Bonchev–Trinajstić information content (AvgIpc) is 4.08. The van der Waals surface area contributed by atoms with Crippen molar-refractivity contribution in [2.24, 2.45) is 0 Å². The van der Waals surface area contributed by atoms with Crippen LogP contribution < -0.4 is 0 Å². The van der Waals surface area contributed by atoms with Crippen LogP contribution in [0, 0.1) is 0 Å². The Labute approximate surface area is 356 Å². The molecule has 0 saturated carbocycles. The lowest BCUT2D eigenvalue weighted by atomic mass is 10.1. The molecule has 294 valence electrons. The van der Waals surface area contributed by atoms with Gasteiger partial charge in [0, 0.05) is 67.9 Å². The minimum Gasteiger partial charge on any atom is -0.324 e. The molecule has 64 heavy (non-hydrogen) atoms. The van der Waals surface area contributed by atoms with E-state index >= 15 is 0 Å². The number of hydrogen-bond donors (Lipinski definition) is 2. The van der Waals surface area contributed by atoms with Crippen LogP contribution in [0.15, 0.2) is 122 Å². The maximum atomic E-state index is 5.29. The van der Waals surface area contributed by atoms with Crippen molar-refractivity contribution in [1.82, 2.24) is 79.7 Å². The summed E-state index contributed by atoms with van der Waals surface area (Å²) in [5.41, 5.74) is 9.50. The number of rotatable bonds is 0. The van der Waals surface area contributed by atoms with Crippen LogP contribution in [0.2, 0.25) is 0 Å². The first kappa shape index (κ1) is 33.3. The van der Waals surface area contributed by atoms with Crippen LogP contribution in [-0.4, -0.2) is 79.7 Å². The van der Waals surface area contributed by atoms with E-state index in [0.29, 0.717) is 90.7 Å². The minimum absolute atomic E-state index is 0.330. The lowest BCUT2D eigenvalue weighted by molar-refractivity contribution is 1.18. The number of H-pyrrole nitrogens is 2. The van der Waals surface area contributed by atoms with Crippen molar-refractivity contribution < 1.29 is 0 Å². The summed E-state index contributed by atoms with van der Waals surface area (Å²) in [5, 5.41) is 6.51. The molecule has 0 amide bonds. The van der Waals surface area contributed by atoms with Gasteiger partial charge >= 0.3 is 0 Å². The lowest BCUT2D eigenvalue weighted by Crippen LogP contribution is -1.96. The third-order valence-corrected chi connectivity index (χ3v) is 12.0. The first-order chi connectivity index (χ1) is 31.7. The second kappa shape index (κ2) is 12.1. The van der Waals surface area contributed by atoms with Gasteiger partial charge < -0.3 is 9.97 Å². The van der Waals surface area contributed by atoms with Gasteiger partial charge in [0.15, 0.2) is 23.3 Å². The van der Waals surface area contributed by atoms with Crippen molar-refractivity contribution in [1.29, 1.82) is 0 Å². The predicted octanol–water partition coefficient (Wildman–Crippen LogP) is 8.95. The average molecular weight is 823 g/mol. The van der Waals surface area contributed by atoms with Crippen molar-refractivity contribution in [3.63, 3.8) is 0 Å². The highest BCUT2D eigenvalue weighted by Gasteiger charge is 2.29. The summed E-state index contributed by atoms with van der Waals surface area (Å²) in [5.74, 6) is 1.32. The molecular formula is C48H22N16. The van der Waals surface area contributed by atoms with Gasteiger partial charge in [0.1, 0.15) is 45.4 Å². The first-order valence-corrected chi connectivity index (χ1v) is 20.4. The summed E-state index contributed by atoms with van der Waals surface area (Å²) < 4.78 is 0. The number of hydrogen-bond acceptors (Lipinski definition) is 14. The van der Waals surface area contributed by atoms with E-state index in [0.717, 1.165) is 65.2 Å². The fourth-order valence-electron chi connectivity index (χ4n) is 9.17. The molecule has 11 heterocycles. The van der Waals surface area contributed by atoms with E-state index < -0.39 is 0 Å². The quantitative estimate of drug-likeness (QED) is 0.137. The molecule has 9 aromatic heterocycles. The van der Waals surface area contributed by atoms with E-state index in [2.05, 4.69) is 9.97 Å². The number of benzene rings is 4. The predicted molar refractivity (Wildman–Crippen MR) is 243 cm³/mol. The Balaban J connectivity index is 1.10. The van der Waals surface area contributed by atoms with E-state index in [1.165, 1.54) is 0 Å². The maximum absolute atomic E-state index is 5.29. The molecule has 13 aromatic rings. The molecule has 0 saturated heterocycles. The van der Waals surface area contributed by atoms with E-state index in [-0.39, 0.29) is 0 Å². The van der Waals surface area contributed by atoms with Crippen molar-refractivity contribution in [2.45, 2.75) is 0 Å². The molecule has 8 bridgehead atoms. The summed E-state index contributed by atoms with van der Waals surface area (Å²) in [6, 6.07) is 31.3. The van der Waals surface area contributed by atoms with Gasteiger partial charge in [-0.1, -0.05) is 48.5 Å². The largest absolute Gasteiger partial charge is 0.324 e. The highest BCUT2D eigenvalue weighted by Crippen LogP contribution is 2.40. The van der Waals surface area contributed by atoms with Gasteiger partial charge in [0.25, 0.3) is 0 Å². The number of nitrogens with zero attached hydrogens (tertiary/aromatic N) is 14. The van der Waals surface area contributed by atoms with Crippen LogP contribution in [-0.2, 0) is 0 Å². The smallest absolute Gasteiger partial charge is 0.184 e. The monoisotopic (exact) mass is 822 g/mol. The maximum Gasteiger partial charge on any atom is 0.184 e. The molecule has 2 aliphatic rings. The molecule has 0 radical (unpaired) electrons. The molecule has 4 aromatic carbocycles. The van der Waals surface area contributed by atoms with Crippen LogP contribution in [0.3, 0.4) is 0 Å². The van der Waals surface area contributed by atoms with Gasteiger partial charge in [0.2, 0.25) is 0 Å². The fraction of sp³-hybridized carbons (Fsp3) is 0. The summed E-state index contributed by atoms with van der Waals surface area (Å²) in [6.07, 6.45) is 7.04. The van der Waals surface area contributed by atoms with E-state index in [1.54, 1.807) is 24.8 Å². The fourth-order valence-corrected chi connectivity index (χ4v) is 9.17. The molecule has 2 N–H and O–H groups in total. The summed E-state index contributed by atoms with van der Waals surface area (Å²) in [7, 11) is 0. The Morgan fingerprint density at radius 1 is 0.234 bits per heavy atom. The summed E-state index contributed by atoms with van der Waals surface area (Å²) >= 11 is 0. The SMILES string of the molecule is c1ccc2c3nc4nc(nc5[nH]c(nc6nc(nc([nH]3)c2c1)-c1nc2c3cccnc3c3ncccc3c2nc1-6)c1ccccc51)-c1nc2c3cccnc3c3ncccc3c2nc1-4. The zero-order chi connectivity index (χ0) is 41.6. The standard InChI is InChI=1S/C48H22N16/c1-2-10-22-21(9-1)41-57-42(22)60-46-39-40(56-36-28-16-8-20-52-32(28)31-27(35(36)55-39)15-7-19-51-31)48(64-46)62-44-24-12-4-3-11-23(24)43(58-44)61-47-38-37(45(59-41)63-47)53-33-25-13-5-17-49-29(25)30-26(34(33)54-38)14-6-18-50-30/h1-20H,(H2,57,58,59,60,61,62,63,64). The molecule has 0 atom stereocenters. The van der Waals surface area contributed by atoms with Crippen LogP contribution in [0.5, 0.6) is 0 Å². The van der Waals surface area contributed by atoms with Crippen LogP contribution >= 0.6 is 0 Å². The molecule has 16 heteroatoms. The van der Waals surface area contributed by atoms with Crippen LogP contribution in [0.1, 0.15) is 0 Å². The molecule has 0 unspecified atom stereocenters. The number of pyridine rings is 4. The number of aromatic amines is 2. The van der Waals surface area contributed by atoms with Gasteiger partial charge in [-0.3, -0.25) is 19.9 Å². The molecular weight excluding hydrogens is 801 g/mol. The van der Waals surface area contributed by atoms with Crippen LogP contribution in [0.25, 0.3) is 156 Å². The van der Waals surface area contributed by atoms with Gasteiger partial charge in [0.05, 0.1) is 44.1 Å². The van der Waals surface area contributed by atoms with Gasteiger partial charge in [-0.15, -0.1) is 0 Å². The third kappa shape index (κ3) is 4.48. The Kier molecular flexibility index (Phi) is 6.30. The van der Waals surface area contributed by atoms with Crippen molar-refractivity contribution >= 4 is 110 Å². The highest BCUT2D eigenvalue weighted by molar-refractivity contribution is 6.22. The van der Waals surface area contributed by atoms with Crippen molar-refractivity contribution in [3.05, 3.63) is 122 Å². The van der Waals surface area contributed by atoms with Gasteiger partial charge in [-0.05, 0) is 48.5 Å². The van der Waals surface area contributed by atoms with E-state index in [9.17, 15) is 0 Å². The van der Waals surface area contributed by atoms with E-state index in [1.807, 2.05) is 97.1 Å². The van der Waals surface area contributed by atoms with Crippen molar-refractivity contribution in [3.8, 4) is 46.1 Å². The topological polar surface area (TPSA) is 212 Å². The Bertz CT molecular complexity index is 3910.